The van der Waals surface area contributed by atoms with Crippen LogP contribution in [0.2, 0.25) is 0 Å². The molecule has 2 N–H and O–H groups in total. The van der Waals surface area contributed by atoms with Crippen molar-refractivity contribution in [3.8, 4) is 16.9 Å². The zero-order valence-corrected chi connectivity index (χ0v) is 21.3. The van der Waals surface area contributed by atoms with Crippen molar-refractivity contribution in [1.29, 1.82) is 0 Å². The first kappa shape index (κ1) is 25.9. The molecule has 3 aromatic carbocycles. The summed E-state index contributed by atoms with van der Waals surface area (Å²) in [6.45, 7) is -0.466. The van der Waals surface area contributed by atoms with Gasteiger partial charge in [-0.2, -0.15) is 0 Å². The highest BCUT2D eigenvalue weighted by Crippen LogP contribution is 2.35. The monoisotopic (exact) mass is 529 g/mol. The Kier molecular flexibility index (Phi) is 7.49. The first-order valence-electron chi connectivity index (χ1n) is 11.4. The second-order valence-electron chi connectivity index (χ2n) is 8.75. The van der Waals surface area contributed by atoms with Crippen LogP contribution in [0.4, 0.5) is 0 Å². The molecule has 0 spiro atoms. The summed E-state index contributed by atoms with van der Waals surface area (Å²) in [4.78, 5) is 11.2. The number of sulfone groups is 1. The first-order chi connectivity index (χ1) is 17.0. The Morgan fingerprint density at radius 1 is 0.944 bits per heavy atom. The van der Waals surface area contributed by atoms with E-state index in [-0.39, 0.29) is 9.79 Å². The van der Waals surface area contributed by atoms with Gasteiger partial charge in [0.15, 0.2) is 16.4 Å². The zero-order chi connectivity index (χ0) is 25.9. The molecule has 36 heavy (non-hydrogen) atoms. The third-order valence-electron chi connectivity index (χ3n) is 6.12. The van der Waals surface area contributed by atoms with Crippen LogP contribution in [0.15, 0.2) is 76.5 Å². The minimum atomic E-state index is -3.87. The maximum atomic E-state index is 13.3. The third kappa shape index (κ3) is 5.95. The fraction of sp³-hybridized carbons (Fsp3) is 0.269. The highest BCUT2D eigenvalue weighted by molar-refractivity contribution is 7.90. The molecule has 10 heteroatoms. The van der Waals surface area contributed by atoms with Crippen molar-refractivity contribution >= 4 is 25.8 Å². The van der Waals surface area contributed by atoms with Crippen molar-refractivity contribution in [2.75, 3.05) is 12.9 Å². The molecule has 4 rings (SSSR count). The zero-order valence-electron chi connectivity index (χ0n) is 19.7. The molecule has 0 fully saturated rings. The number of carboxylic acid groups (broad SMARTS) is 1. The van der Waals surface area contributed by atoms with Gasteiger partial charge in [-0.25, -0.2) is 26.4 Å². The minimum Gasteiger partial charge on any atom is -0.482 e. The van der Waals surface area contributed by atoms with E-state index in [1.54, 1.807) is 42.5 Å². The van der Waals surface area contributed by atoms with Crippen LogP contribution in [0.3, 0.4) is 0 Å². The van der Waals surface area contributed by atoms with E-state index >= 15 is 0 Å². The van der Waals surface area contributed by atoms with Crippen molar-refractivity contribution in [3.63, 3.8) is 0 Å². The lowest BCUT2D eigenvalue weighted by Crippen LogP contribution is -2.29. The van der Waals surface area contributed by atoms with Crippen molar-refractivity contribution < 1.29 is 31.5 Å². The van der Waals surface area contributed by atoms with Gasteiger partial charge in [0.25, 0.3) is 0 Å². The molecule has 1 aliphatic rings. The van der Waals surface area contributed by atoms with Crippen molar-refractivity contribution in [3.05, 3.63) is 77.9 Å². The molecule has 0 saturated carbocycles. The quantitative estimate of drug-likeness (QED) is 0.423. The number of carboxylic acids is 1. The molecule has 3 aromatic rings. The van der Waals surface area contributed by atoms with Gasteiger partial charge in [-0.3, -0.25) is 0 Å². The van der Waals surface area contributed by atoms with E-state index in [4.69, 9.17) is 9.84 Å². The third-order valence-corrected chi connectivity index (χ3v) is 8.72. The van der Waals surface area contributed by atoms with Crippen molar-refractivity contribution in [2.45, 2.75) is 41.5 Å². The van der Waals surface area contributed by atoms with E-state index in [0.717, 1.165) is 30.2 Å². The predicted octanol–water partition coefficient (Wildman–Crippen LogP) is 3.97. The number of hydrogen-bond acceptors (Lipinski definition) is 6. The molecule has 0 heterocycles. The summed E-state index contributed by atoms with van der Waals surface area (Å²) in [5.74, 6) is -0.619. The lowest BCUT2D eigenvalue weighted by molar-refractivity contribution is -0.139. The molecular formula is C26H27NO7S2. The summed E-state index contributed by atoms with van der Waals surface area (Å²) < 4.78 is 58.5. The molecule has 0 amide bonds. The van der Waals surface area contributed by atoms with E-state index in [1.165, 1.54) is 18.2 Å². The van der Waals surface area contributed by atoms with Crippen LogP contribution < -0.4 is 9.46 Å². The number of carbonyl (C=O) groups is 1. The van der Waals surface area contributed by atoms with E-state index < -0.39 is 38.5 Å². The van der Waals surface area contributed by atoms with Crippen LogP contribution in [0.5, 0.6) is 5.75 Å². The Morgan fingerprint density at radius 2 is 1.67 bits per heavy atom. The average Bonchev–Trinajstić information content (AvgIpc) is 3.04. The lowest BCUT2D eigenvalue weighted by atomic mass is 9.99. The van der Waals surface area contributed by atoms with Crippen LogP contribution in [-0.2, 0) is 31.1 Å². The fourth-order valence-electron chi connectivity index (χ4n) is 4.37. The highest BCUT2D eigenvalue weighted by atomic mass is 32.2. The molecule has 1 atom stereocenters. The molecule has 1 unspecified atom stereocenters. The number of rotatable bonds is 8. The topological polar surface area (TPSA) is 127 Å². The molecular weight excluding hydrogens is 502 g/mol. The van der Waals surface area contributed by atoms with Gasteiger partial charge >= 0.3 is 5.97 Å². The SMILES string of the molecule is CS(=O)(=O)c1cccc(-c2ccc(S(=O)(=O)NC3CCCCc4c(OCC(=O)O)cccc43)cc2)c1. The van der Waals surface area contributed by atoms with Crippen molar-refractivity contribution in [1.82, 2.24) is 4.72 Å². The average molecular weight is 530 g/mol. The van der Waals surface area contributed by atoms with Gasteiger partial charge < -0.3 is 9.84 Å². The van der Waals surface area contributed by atoms with Crippen LogP contribution in [0, 0.1) is 0 Å². The Balaban J connectivity index is 1.59. The summed E-state index contributed by atoms with van der Waals surface area (Å²) >= 11 is 0. The fourth-order valence-corrected chi connectivity index (χ4v) is 6.28. The Hall–Kier alpha value is -3.21. The van der Waals surface area contributed by atoms with E-state index in [2.05, 4.69) is 4.72 Å². The largest absolute Gasteiger partial charge is 0.482 e. The number of sulfonamides is 1. The second-order valence-corrected chi connectivity index (χ2v) is 12.5. The Morgan fingerprint density at radius 3 is 2.36 bits per heavy atom. The number of fused-ring (bicyclic) bond motifs is 1. The molecule has 1 aliphatic carbocycles. The van der Waals surface area contributed by atoms with Crippen LogP contribution in [0.1, 0.15) is 36.4 Å². The molecule has 0 bridgehead atoms. The standard InChI is InChI=1S/C26H27NO7S2/c1-35(30,31)21-7-4-6-19(16-21)18-12-14-20(15-13-18)36(32,33)27-24-10-3-2-8-23-22(24)9-5-11-25(23)34-17-26(28)29/h4-7,9,11-16,24,27H,2-3,8,10,17H2,1H3,(H,28,29). The summed E-state index contributed by atoms with van der Waals surface area (Å²) in [5.41, 5.74) is 2.97. The van der Waals surface area contributed by atoms with Gasteiger partial charge in [0, 0.05) is 12.3 Å². The smallest absolute Gasteiger partial charge is 0.341 e. The molecule has 0 radical (unpaired) electrons. The van der Waals surface area contributed by atoms with Crippen LogP contribution in [-0.4, -0.2) is 40.8 Å². The minimum absolute atomic E-state index is 0.0922. The summed E-state index contributed by atoms with van der Waals surface area (Å²) in [7, 11) is -7.23. The summed E-state index contributed by atoms with van der Waals surface area (Å²) in [5, 5.41) is 8.96. The maximum Gasteiger partial charge on any atom is 0.341 e. The van der Waals surface area contributed by atoms with Crippen molar-refractivity contribution in [2.24, 2.45) is 0 Å². The molecule has 8 nitrogen and oxygen atoms in total. The number of aliphatic carboxylic acids is 1. The van der Waals surface area contributed by atoms with Gasteiger partial charge in [-0.15, -0.1) is 0 Å². The Bertz CT molecular complexity index is 1480. The maximum absolute atomic E-state index is 13.3. The van der Waals surface area contributed by atoms with E-state index in [9.17, 15) is 21.6 Å². The van der Waals surface area contributed by atoms with E-state index in [0.29, 0.717) is 29.7 Å². The normalized spacial score (nSPS) is 16.1. The Labute approximate surface area is 210 Å². The number of nitrogens with one attached hydrogen (secondary N) is 1. The lowest BCUT2D eigenvalue weighted by Gasteiger charge is -2.21. The summed E-state index contributed by atoms with van der Waals surface area (Å²) in [6, 6.07) is 17.6. The number of benzene rings is 3. The number of hydrogen-bond donors (Lipinski definition) is 2. The van der Waals surface area contributed by atoms with Gasteiger partial charge in [0.1, 0.15) is 5.75 Å². The predicted molar refractivity (Wildman–Crippen MR) is 135 cm³/mol. The van der Waals surface area contributed by atoms with Crippen LogP contribution >= 0.6 is 0 Å². The molecule has 0 aromatic heterocycles. The molecule has 0 aliphatic heterocycles. The number of ether oxygens (including phenoxy) is 1. The highest BCUT2D eigenvalue weighted by Gasteiger charge is 2.26. The van der Waals surface area contributed by atoms with Gasteiger partial charge in [0.05, 0.1) is 9.79 Å². The summed E-state index contributed by atoms with van der Waals surface area (Å²) in [6.07, 6.45) is 4.05. The van der Waals surface area contributed by atoms with Gasteiger partial charge in [-0.1, -0.05) is 42.8 Å². The van der Waals surface area contributed by atoms with Gasteiger partial charge in [-0.05, 0) is 71.8 Å². The molecule has 190 valence electrons. The molecule has 0 saturated heterocycles. The second kappa shape index (κ2) is 10.4. The first-order valence-corrected chi connectivity index (χ1v) is 14.8. The van der Waals surface area contributed by atoms with Gasteiger partial charge in [0.2, 0.25) is 10.0 Å². The van der Waals surface area contributed by atoms with E-state index in [1.807, 2.05) is 6.07 Å². The van der Waals surface area contributed by atoms with Crippen LogP contribution in [0.25, 0.3) is 11.1 Å².